The number of carbonyl (C=O) groups is 2. The molecule has 0 spiro atoms. The number of esters is 1. The fourth-order valence-electron chi connectivity index (χ4n) is 7.61. The smallest absolute Gasteiger partial charge is 0.343 e. The lowest BCUT2D eigenvalue weighted by atomic mass is 9.86. The maximum absolute atomic E-state index is 13.0. The highest BCUT2D eigenvalue weighted by Gasteiger charge is 2.45. The molecule has 3 aliphatic heterocycles. The fraction of sp³-hybridized carbons (Fsp3) is 0.286. The lowest BCUT2D eigenvalue weighted by Gasteiger charge is -2.31. The van der Waals surface area contributed by atoms with Crippen molar-refractivity contribution in [2.75, 3.05) is 6.64 Å². The number of carbonyl (C=O) groups excluding carboxylic acids is 2. The number of carboxylic acids is 1. The number of para-hydroxylation sites is 2. The Morgan fingerprint density at radius 2 is 1.45 bits per heavy atom. The largest absolute Gasteiger partial charge is 0.547 e. The van der Waals surface area contributed by atoms with E-state index in [1.807, 2.05) is 60.7 Å². The van der Waals surface area contributed by atoms with Gasteiger partial charge in [-0.2, -0.15) is 0 Å². The summed E-state index contributed by atoms with van der Waals surface area (Å²) >= 11 is 0. The number of hydrogen-bond donors (Lipinski definition) is 3. The Hall–Kier alpha value is -5.59. The molecule has 6 aromatic rings. The number of ether oxygens (including phenoxy) is 1. The molecule has 3 atom stereocenters. The number of aliphatic carboxylic acids is 1. The summed E-state index contributed by atoms with van der Waals surface area (Å²) in [5, 5.41) is 44.7. The minimum atomic E-state index is -2.37. The van der Waals surface area contributed by atoms with Crippen molar-refractivity contribution < 1.29 is 36.1 Å². The summed E-state index contributed by atoms with van der Waals surface area (Å²) in [6.45, 7) is 3.48. The van der Waals surface area contributed by atoms with Crippen LogP contribution in [0.5, 0.6) is 0 Å². The van der Waals surface area contributed by atoms with Gasteiger partial charge in [-0.15, -0.1) is 9.24 Å². The molecule has 9 rings (SSSR count). The summed E-state index contributed by atoms with van der Waals surface area (Å²) < 4.78 is 14.3. The lowest BCUT2D eigenvalue weighted by molar-refractivity contribution is -0.326. The first-order chi connectivity index (χ1) is 26.8. The number of nitrogens with zero attached hydrogens (tertiary/aromatic N) is 4. The van der Waals surface area contributed by atoms with E-state index >= 15 is 0 Å². The van der Waals surface area contributed by atoms with Crippen molar-refractivity contribution in [1.29, 1.82) is 0 Å². The number of hydrogen-bond acceptors (Lipinski definition) is 11. The van der Waals surface area contributed by atoms with Crippen LogP contribution in [0.4, 0.5) is 0 Å². The number of aliphatic hydroxyl groups is 3. The van der Waals surface area contributed by atoms with Gasteiger partial charge in [0.15, 0.2) is 5.60 Å². The predicted molar refractivity (Wildman–Crippen MR) is 213 cm³/mol. The number of carboxylic acid groups (broad SMARTS) is 1. The first-order valence-corrected chi connectivity index (χ1v) is 18.4. The molecule has 3 aliphatic rings. The van der Waals surface area contributed by atoms with E-state index in [4.69, 9.17) is 11.1 Å². The number of cyclic esters (lactones) is 1. The molecular formula is C42H42N4O9P-. The van der Waals surface area contributed by atoms with Gasteiger partial charge in [0.05, 0.1) is 65.0 Å². The topological polar surface area (TPSA) is 197 Å². The van der Waals surface area contributed by atoms with Crippen LogP contribution in [0.1, 0.15) is 68.9 Å². The standard InChI is InChI=1S/C20H18N2O5.C20H16N2O4.CH5P.CH4/c1-2-20(27,19(25)26)14-8-16-17-12(9-22(16)18(24)13(14)10-23)7-11-5-3-4-6-15(11)21-17;1-2-20(25)14-8-16-17-12(7-11-5-3-4-6-15(11)21-17)9-22(16)18(23)13(14)10-26-19(20)24;1-2;/h3-8,23,27H,2,9-10H2,1H3,(H,25,26);3-8,25H,2,9-10H2,1H3;2H2,1H3;1H4/p-1/t2*20-;;/m00../s1/i;;1T;. The van der Waals surface area contributed by atoms with Gasteiger partial charge in [-0.25, -0.2) is 14.8 Å². The van der Waals surface area contributed by atoms with E-state index in [1.54, 1.807) is 17.6 Å². The molecule has 2 aromatic carbocycles. The summed E-state index contributed by atoms with van der Waals surface area (Å²) in [5.41, 5.74) is 1.16. The minimum absolute atomic E-state index is 0. The van der Waals surface area contributed by atoms with Crippen molar-refractivity contribution in [1.82, 2.24) is 19.1 Å². The van der Waals surface area contributed by atoms with Crippen molar-refractivity contribution in [2.45, 2.75) is 71.6 Å². The first kappa shape index (κ1) is 38.7. The Bertz CT molecular complexity index is 2720. The average molecular weight is 780 g/mol. The summed E-state index contributed by atoms with van der Waals surface area (Å²) in [5.74, 6) is -2.42. The molecule has 0 bridgehead atoms. The Kier molecular flexibility index (Phi) is 10.5. The van der Waals surface area contributed by atoms with E-state index in [-0.39, 0.29) is 50.1 Å². The first-order valence-electron chi connectivity index (χ1n) is 18.3. The van der Waals surface area contributed by atoms with Gasteiger partial charge in [-0.1, -0.05) is 64.3 Å². The highest BCUT2D eigenvalue weighted by atomic mass is 31.0. The second-order valence-corrected chi connectivity index (χ2v) is 13.5. The molecule has 0 radical (unpaired) electrons. The summed E-state index contributed by atoms with van der Waals surface area (Å²) in [6.07, 6.45) is -0.0665. The van der Waals surface area contributed by atoms with Gasteiger partial charge in [0, 0.05) is 40.0 Å². The lowest BCUT2D eigenvalue weighted by Crippen LogP contribution is -2.47. The maximum Gasteiger partial charge on any atom is 0.343 e. The number of rotatable bonds is 5. The molecule has 1 unspecified atom stereocenters. The van der Waals surface area contributed by atoms with E-state index in [1.165, 1.54) is 17.6 Å². The Labute approximate surface area is 325 Å². The monoisotopic (exact) mass is 779 g/mol. The molecule has 0 aliphatic carbocycles. The van der Waals surface area contributed by atoms with Crippen molar-refractivity contribution in [3.05, 3.63) is 127 Å². The molecule has 290 valence electrons. The second kappa shape index (κ2) is 15.2. The second-order valence-electron chi connectivity index (χ2n) is 13.5. The summed E-state index contributed by atoms with van der Waals surface area (Å²) in [6, 6.07) is 22.4. The van der Waals surface area contributed by atoms with Crippen LogP contribution in [0.25, 0.3) is 44.6 Å². The van der Waals surface area contributed by atoms with Crippen LogP contribution < -0.4 is 16.2 Å². The zero-order valence-electron chi connectivity index (χ0n) is 31.0. The van der Waals surface area contributed by atoms with Crippen LogP contribution in [0.2, 0.25) is 0 Å². The van der Waals surface area contributed by atoms with Crippen LogP contribution in [0, 0.1) is 0 Å². The number of fused-ring (bicyclic) bond motifs is 9. The molecular weight excluding hydrogens is 735 g/mol. The zero-order chi connectivity index (χ0) is 40.1. The van der Waals surface area contributed by atoms with Gasteiger partial charge in [-0.05, 0) is 49.2 Å². The zero-order valence-corrected chi connectivity index (χ0v) is 31.2. The molecule has 3 N–H and O–H groups in total. The Balaban J connectivity index is 0.000000178. The quantitative estimate of drug-likeness (QED) is 0.171. The Morgan fingerprint density at radius 1 is 0.929 bits per heavy atom. The molecule has 0 saturated heterocycles. The van der Waals surface area contributed by atoms with Crippen LogP contribution in [0.15, 0.2) is 82.4 Å². The molecule has 13 nitrogen and oxygen atoms in total. The average Bonchev–Trinajstić information content (AvgIpc) is 3.75. The SMILES string of the molecule is C.CC[C@@](O)(C(=O)[O-])c1cc2n(c(=O)c1CO)Cc1cc3ccccc3nc1-2.CC[C@@]1(O)C(=O)OCc2c1cc1n(c2=O)Cc2cc3ccccc3nc2-1.[3H]CP. The van der Waals surface area contributed by atoms with Crippen LogP contribution in [0.3, 0.4) is 0 Å². The molecule has 0 fully saturated rings. The maximum atomic E-state index is 13.0. The van der Waals surface area contributed by atoms with Crippen LogP contribution in [-0.2, 0) is 51.8 Å². The molecule has 0 saturated carbocycles. The van der Waals surface area contributed by atoms with Crippen molar-refractivity contribution in [3.8, 4) is 22.8 Å². The van der Waals surface area contributed by atoms with E-state index in [2.05, 4.69) is 14.2 Å². The third kappa shape index (κ3) is 6.11. The van der Waals surface area contributed by atoms with E-state index in [0.717, 1.165) is 38.6 Å². The fourth-order valence-corrected chi connectivity index (χ4v) is 7.61. The molecule has 14 heteroatoms. The van der Waals surface area contributed by atoms with Gasteiger partial charge in [0.1, 0.15) is 12.2 Å². The molecule has 0 amide bonds. The van der Waals surface area contributed by atoms with Gasteiger partial charge >= 0.3 is 5.97 Å². The minimum Gasteiger partial charge on any atom is -0.547 e. The Morgan fingerprint density at radius 3 is 1.95 bits per heavy atom. The number of aliphatic hydroxyl groups excluding tert-OH is 1. The third-order valence-corrected chi connectivity index (χ3v) is 10.6. The number of aromatic nitrogens is 4. The highest BCUT2D eigenvalue weighted by molar-refractivity contribution is 7.15. The number of pyridine rings is 4. The molecule has 4 aromatic heterocycles. The predicted octanol–water partition coefficient (Wildman–Crippen LogP) is 3.47. The highest BCUT2D eigenvalue weighted by Crippen LogP contribution is 2.39. The summed E-state index contributed by atoms with van der Waals surface area (Å²) in [7, 11) is 2.25. The third-order valence-electron chi connectivity index (χ3n) is 10.6. The van der Waals surface area contributed by atoms with Gasteiger partial charge < -0.3 is 39.1 Å². The van der Waals surface area contributed by atoms with Crippen molar-refractivity contribution in [2.24, 2.45) is 0 Å². The van der Waals surface area contributed by atoms with Crippen LogP contribution in [-0.4, -0.2) is 53.0 Å². The van der Waals surface area contributed by atoms with Crippen LogP contribution >= 0.6 is 9.24 Å². The van der Waals surface area contributed by atoms with Crippen molar-refractivity contribution in [3.63, 3.8) is 0 Å². The summed E-state index contributed by atoms with van der Waals surface area (Å²) in [4.78, 5) is 59.0. The normalized spacial score (nSPS) is 16.9. The van der Waals surface area contributed by atoms with Gasteiger partial charge in [0.25, 0.3) is 11.1 Å². The van der Waals surface area contributed by atoms with Gasteiger partial charge in [-0.3, -0.25) is 9.59 Å². The molecule has 56 heavy (non-hydrogen) atoms. The molecule has 7 heterocycles. The van der Waals surface area contributed by atoms with Crippen molar-refractivity contribution >= 4 is 43.0 Å². The number of benzene rings is 2. The van der Waals surface area contributed by atoms with Gasteiger partial charge in [0.2, 0.25) is 0 Å². The van der Waals surface area contributed by atoms with E-state index in [9.17, 15) is 39.6 Å². The van der Waals surface area contributed by atoms with E-state index < -0.39 is 35.3 Å². The van der Waals surface area contributed by atoms with E-state index in [0.29, 0.717) is 41.4 Å².